The van der Waals surface area contributed by atoms with Crippen LogP contribution < -0.4 is 10.1 Å². The number of hydrogen-bond donors (Lipinski definition) is 1. The highest BCUT2D eigenvalue weighted by Crippen LogP contribution is 2.27. The molecule has 7 heteroatoms. The molecular weight excluding hydrogens is 311 g/mol. The molecule has 0 spiro atoms. The molecule has 0 aliphatic carbocycles. The average Bonchev–Trinajstić information content (AvgIpc) is 2.48. The Labute approximate surface area is 130 Å². The van der Waals surface area contributed by atoms with Crippen LogP contribution in [0.15, 0.2) is 42.5 Å². The van der Waals surface area contributed by atoms with Crippen LogP contribution in [0.3, 0.4) is 0 Å². The summed E-state index contributed by atoms with van der Waals surface area (Å²) < 4.78 is 44.9. The van der Waals surface area contributed by atoms with Crippen molar-refractivity contribution in [3.8, 4) is 5.75 Å². The monoisotopic (exact) mass is 325 g/mol. The van der Waals surface area contributed by atoms with Crippen molar-refractivity contribution in [2.45, 2.75) is 13.3 Å². The topological polar surface area (TPSA) is 47.6 Å². The van der Waals surface area contributed by atoms with Gasteiger partial charge in [-0.15, -0.1) is 13.2 Å². The van der Waals surface area contributed by atoms with Crippen LogP contribution >= 0.6 is 0 Å². The molecule has 0 heterocycles. The SMILES string of the molecule is COC(=O)c1cc(C)ccc1Nc1ccc(OC(F)(F)F)cc1. The lowest BCUT2D eigenvalue weighted by atomic mass is 10.1. The Morgan fingerprint density at radius 3 is 2.30 bits per heavy atom. The van der Waals surface area contributed by atoms with Crippen molar-refractivity contribution in [1.82, 2.24) is 0 Å². The van der Waals surface area contributed by atoms with Gasteiger partial charge in [0.15, 0.2) is 0 Å². The Hall–Kier alpha value is -2.70. The summed E-state index contributed by atoms with van der Waals surface area (Å²) >= 11 is 0. The first-order chi connectivity index (χ1) is 10.8. The van der Waals surface area contributed by atoms with Gasteiger partial charge >= 0.3 is 12.3 Å². The Bertz CT molecular complexity index is 697. The van der Waals surface area contributed by atoms with E-state index in [1.54, 1.807) is 18.2 Å². The van der Waals surface area contributed by atoms with Gasteiger partial charge in [-0.05, 0) is 43.3 Å². The maximum absolute atomic E-state index is 12.1. The summed E-state index contributed by atoms with van der Waals surface area (Å²) in [5.41, 5.74) is 2.22. The van der Waals surface area contributed by atoms with Crippen molar-refractivity contribution in [2.75, 3.05) is 12.4 Å². The fourth-order valence-electron chi connectivity index (χ4n) is 1.94. The number of esters is 1. The number of hydrogen-bond acceptors (Lipinski definition) is 4. The molecule has 122 valence electrons. The van der Waals surface area contributed by atoms with Crippen LogP contribution in [0, 0.1) is 6.92 Å². The van der Waals surface area contributed by atoms with Crippen molar-refractivity contribution in [3.05, 3.63) is 53.6 Å². The molecule has 2 aromatic rings. The summed E-state index contributed by atoms with van der Waals surface area (Å²) in [5.74, 6) is -0.826. The van der Waals surface area contributed by atoms with Gasteiger partial charge < -0.3 is 14.8 Å². The number of halogens is 3. The standard InChI is InChI=1S/C16H14F3NO3/c1-10-3-8-14(13(9-10)15(21)22-2)20-11-4-6-12(7-5-11)23-16(17,18)19/h3-9,20H,1-2H3. The lowest BCUT2D eigenvalue weighted by Crippen LogP contribution is -2.17. The largest absolute Gasteiger partial charge is 0.573 e. The predicted molar refractivity (Wildman–Crippen MR) is 78.9 cm³/mol. The number of rotatable bonds is 4. The molecule has 0 unspecified atom stereocenters. The Balaban J connectivity index is 2.21. The number of carbonyl (C=O) groups excluding carboxylic acids is 1. The third-order valence-electron chi connectivity index (χ3n) is 2.95. The van der Waals surface area contributed by atoms with Crippen molar-refractivity contribution < 1.29 is 27.4 Å². The second-order valence-corrected chi connectivity index (χ2v) is 4.74. The quantitative estimate of drug-likeness (QED) is 0.845. The molecule has 0 bridgehead atoms. The van der Waals surface area contributed by atoms with E-state index in [1.807, 2.05) is 6.92 Å². The number of methoxy groups -OCH3 is 1. The van der Waals surface area contributed by atoms with Gasteiger partial charge in [-0.2, -0.15) is 0 Å². The van der Waals surface area contributed by atoms with Gasteiger partial charge in [-0.3, -0.25) is 0 Å². The van der Waals surface area contributed by atoms with Gasteiger partial charge in [0.1, 0.15) is 5.75 Å². The first-order valence-electron chi connectivity index (χ1n) is 6.60. The molecule has 0 aromatic heterocycles. The highest BCUT2D eigenvalue weighted by Gasteiger charge is 2.30. The Morgan fingerprint density at radius 2 is 1.74 bits per heavy atom. The summed E-state index contributed by atoms with van der Waals surface area (Å²) in [6.07, 6.45) is -4.73. The zero-order chi connectivity index (χ0) is 17.0. The Kier molecular flexibility index (Phi) is 4.78. The molecule has 2 aromatic carbocycles. The first-order valence-corrected chi connectivity index (χ1v) is 6.60. The van der Waals surface area contributed by atoms with Gasteiger partial charge in [0.2, 0.25) is 0 Å². The number of ether oxygens (including phenoxy) is 2. The predicted octanol–water partition coefficient (Wildman–Crippen LogP) is 4.42. The highest BCUT2D eigenvalue weighted by molar-refractivity contribution is 5.96. The molecule has 23 heavy (non-hydrogen) atoms. The molecule has 0 atom stereocenters. The van der Waals surface area contributed by atoms with Crippen LogP contribution in [0.4, 0.5) is 24.5 Å². The second kappa shape index (κ2) is 6.60. The second-order valence-electron chi connectivity index (χ2n) is 4.74. The number of alkyl halides is 3. The summed E-state index contributed by atoms with van der Waals surface area (Å²) in [6, 6.07) is 10.4. The lowest BCUT2D eigenvalue weighted by molar-refractivity contribution is -0.274. The lowest BCUT2D eigenvalue weighted by Gasteiger charge is -2.13. The minimum atomic E-state index is -4.73. The van der Waals surface area contributed by atoms with Crippen molar-refractivity contribution in [1.29, 1.82) is 0 Å². The number of anilines is 2. The summed E-state index contributed by atoms with van der Waals surface area (Å²) in [4.78, 5) is 11.8. The number of nitrogens with one attached hydrogen (secondary N) is 1. The van der Waals surface area contributed by atoms with Crippen molar-refractivity contribution in [3.63, 3.8) is 0 Å². The third kappa shape index (κ3) is 4.64. The van der Waals surface area contributed by atoms with E-state index in [1.165, 1.54) is 31.4 Å². The fourth-order valence-corrected chi connectivity index (χ4v) is 1.94. The molecule has 0 saturated carbocycles. The smallest absolute Gasteiger partial charge is 0.465 e. The number of benzene rings is 2. The van der Waals surface area contributed by atoms with Crippen LogP contribution in [0.25, 0.3) is 0 Å². The van der Waals surface area contributed by atoms with E-state index in [-0.39, 0.29) is 5.75 Å². The number of carbonyl (C=O) groups is 1. The molecule has 0 aliphatic rings. The van der Waals surface area contributed by atoms with Gasteiger partial charge in [-0.1, -0.05) is 11.6 Å². The van der Waals surface area contributed by atoms with E-state index in [2.05, 4.69) is 10.1 Å². The molecule has 0 fully saturated rings. The fraction of sp³-hybridized carbons (Fsp3) is 0.188. The maximum atomic E-state index is 12.1. The molecule has 0 radical (unpaired) electrons. The summed E-state index contributed by atoms with van der Waals surface area (Å²) in [7, 11) is 1.28. The van der Waals surface area contributed by atoms with Gasteiger partial charge in [0.25, 0.3) is 0 Å². The molecular formula is C16H14F3NO3. The normalized spacial score (nSPS) is 11.0. The average molecular weight is 325 g/mol. The molecule has 2 rings (SSSR count). The van der Waals surface area contributed by atoms with Gasteiger partial charge in [0.05, 0.1) is 18.4 Å². The third-order valence-corrected chi connectivity index (χ3v) is 2.95. The van der Waals surface area contributed by atoms with Crippen LogP contribution in [0.2, 0.25) is 0 Å². The minimum Gasteiger partial charge on any atom is -0.465 e. The molecule has 0 amide bonds. The van der Waals surface area contributed by atoms with Crippen LogP contribution in [0.5, 0.6) is 5.75 Å². The van der Waals surface area contributed by atoms with Crippen LogP contribution in [-0.4, -0.2) is 19.4 Å². The van der Waals surface area contributed by atoms with E-state index in [0.717, 1.165) is 5.56 Å². The first kappa shape index (κ1) is 16.7. The van der Waals surface area contributed by atoms with E-state index >= 15 is 0 Å². The summed E-state index contributed by atoms with van der Waals surface area (Å²) in [6.45, 7) is 1.83. The maximum Gasteiger partial charge on any atom is 0.573 e. The van der Waals surface area contributed by atoms with Gasteiger partial charge in [0, 0.05) is 5.69 Å². The zero-order valence-electron chi connectivity index (χ0n) is 12.4. The molecule has 0 saturated heterocycles. The molecule has 4 nitrogen and oxygen atoms in total. The van der Waals surface area contributed by atoms with Crippen LogP contribution in [-0.2, 0) is 4.74 Å². The highest BCUT2D eigenvalue weighted by atomic mass is 19.4. The van der Waals surface area contributed by atoms with E-state index in [4.69, 9.17) is 4.74 Å². The van der Waals surface area contributed by atoms with E-state index in [0.29, 0.717) is 16.9 Å². The number of aryl methyl sites for hydroxylation is 1. The minimum absolute atomic E-state index is 0.319. The molecule has 1 N–H and O–H groups in total. The van der Waals surface area contributed by atoms with Gasteiger partial charge in [-0.25, -0.2) is 4.79 Å². The van der Waals surface area contributed by atoms with Crippen LogP contribution in [0.1, 0.15) is 15.9 Å². The van der Waals surface area contributed by atoms with E-state index in [9.17, 15) is 18.0 Å². The van der Waals surface area contributed by atoms with Crippen molar-refractivity contribution >= 4 is 17.3 Å². The summed E-state index contributed by atoms with van der Waals surface area (Å²) in [5, 5.41) is 2.97. The molecule has 0 aliphatic heterocycles. The zero-order valence-corrected chi connectivity index (χ0v) is 12.4. The van der Waals surface area contributed by atoms with E-state index < -0.39 is 12.3 Å². The Morgan fingerprint density at radius 1 is 1.09 bits per heavy atom. The van der Waals surface area contributed by atoms with Crippen molar-refractivity contribution in [2.24, 2.45) is 0 Å².